The zero-order chi connectivity index (χ0) is 94.1. The van der Waals surface area contributed by atoms with Crippen LogP contribution in [-0.2, 0) is 120 Å². The van der Waals surface area contributed by atoms with Crippen molar-refractivity contribution in [2.24, 2.45) is 29.4 Å². The molecule has 34 heteroatoms. The number of fused-ring (bicyclic) bond motifs is 1. The van der Waals surface area contributed by atoms with E-state index in [9.17, 15) is 48.6 Å². The number of amides is 12. The van der Waals surface area contributed by atoms with Gasteiger partial charge in [-0.05, 0) is 101 Å². The second kappa shape index (κ2) is 50.1. The Bertz CT molecular complexity index is 5060. The van der Waals surface area contributed by atoms with Gasteiger partial charge in [0, 0.05) is 126 Å². The third-order valence-electron chi connectivity index (χ3n) is 22.5. The molecule has 12 N–H and O–H groups in total. The van der Waals surface area contributed by atoms with E-state index in [1.54, 1.807) is 143 Å². The predicted octanol–water partition coefficient (Wildman–Crippen LogP) is 5.75. The number of nitrogens with two attached hydrogens (primary N) is 1. The van der Waals surface area contributed by atoms with E-state index in [-0.39, 0.29) is 86.0 Å². The maximum absolute atomic E-state index is 15.5. The molecule has 0 aliphatic carbocycles. The van der Waals surface area contributed by atoms with Crippen LogP contribution in [0.25, 0.3) is 10.9 Å². The normalized spacial score (nSPS) is 22.0. The van der Waals surface area contributed by atoms with Gasteiger partial charge in [0.05, 0.1) is 30.8 Å². The number of carbonyl (C=O) groups is 16. The number of likely N-dealkylation sites (N-methyl/N-ethyl adjacent to an activating group) is 4. The molecule has 1 aliphatic rings. The number of halogens is 1. The average molecular weight is 1810 g/mol. The van der Waals surface area contributed by atoms with Gasteiger partial charge in [0.1, 0.15) is 72.2 Å². The van der Waals surface area contributed by atoms with E-state index >= 15 is 38.4 Å². The highest BCUT2D eigenvalue weighted by Gasteiger charge is 2.42. The molecule has 0 radical (unpaired) electrons. The minimum atomic E-state index is -1.58. The van der Waals surface area contributed by atoms with E-state index in [0.717, 1.165) is 21.6 Å². The molecular formula is C95H118ClN13O19S. The Morgan fingerprint density at radius 3 is 1.61 bits per heavy atom. The third kappa shape index (κ3) is 31.6. The molecule has 0 bridgehead atoms. The van der Waals surface area contributed by atoms with Crippen molar-refractivity contribution in [2.75, 3.05) is 59.4 Å². The number of rotatable bonds is 25. The highest BCUT2D eigenvalue weighted by Crippen LogP contribution is 2.27. The van der Waals surface area contributed by atoms with Gasteiger partial charge in [0.25, 0.3) is 6.47 Å². The van der Waals surface area contributed by atoms with E-state index in [2.05, 4.69) is 42.2 Å². The van der Waals surface area contributed by atoms with Gasteiger partial charge in [-0.25, -0.2) is 0 Å². The first-order valence-corrected chi connectivity index (χ1v) is 44.6. The number of phenolic OH excluding ortho intramolecular Hbond substituents is 2. The van der Waals surface area contributed by atoms with Crippen LogP contribution in [0, 0.1) is 23.7 Å². The molecule has 6 aromatic carbocycles. The largest absolute Gasteiger partial charge is 0.508 e. The van der Waals surface area contributed by atoms with Gasteiger partial charge in [-0.3, -0.25) is 76.7 Å². The van der Waals surface area contributed by atoms with E-state index in [0.29, 0.717) is 57.1 Å². The van der Waals surface area contributed by atoms with Crippen molar-refractivity contribution in [3.8, 4) is 11.5 Å². The lowest BCUT2D eigenvalue weighted by atomic mass is 9.84. The zero-order valence-corrected chi connectivity index (χ0v) is 75.7. The number of ketones is 3. The number of Topliss-reactive ketones (excluding diaryl/α,β-unsaturated/α-hetero) is 3. The number of phenols is 2. The monoisotopic (exact) mass is 1810 g/mol. The van der Waals surface area contributed by atoms with Crippen LogP contribution in [0.1, 0.15) is 119 Å². The third-order valence-corrected chi connectivity index (χ3v) is 23.8. The number of aromatic nitrogens is 1. The second-order valence-corrected chi connectivity index (χ2v) is 35.0. The number of para-hydroxylation sites is 1. The zero-order valence-electron chi connectivity index (χ0n) is 74.1. The number of primary amides is 1. The molecule has 1 saturated heterocycles. The van der Waals surface area contributed by atoms with Crippen LogP contribution in [-0.4, -0.2) is 243 Å². The number of H-pyrrole nitrogens is 1. The molecule has 1 aliphatic heterocycles. The number of aromatic hydroxyl groups is 2. The van der Waals surface area contributed by atoms with Crippen LogP contribution in [0.3, 0.4) is 0 Å². The van der Waals surface area contributed by atoms with Crippen molar-refractivity contribution in [3.63, 3.8) is 0 Å². The average Bonchev–Trinajstić information content (AvgIpc) is 1.61. The van der Waals surface area contributed by atoms with Crippen molar-refractivity contribution in [1.82, 2.24) is 61.8 Å². The Labute approximate surface area is 759 Å². The maximum Gasteiger partial charge on any atom is 0.293 e. The topological polar surface area (TPSA) is 462 Å². The molecule has 129 heavy (non-hydrogen) atoms. The maximum atomic E-state index is 15.5. The molecule has 12 amide bonds. The van der Waals surface area contributed by atoms with E-state index < -0.39 is 211 Å². The van der Waals surface area contributed by atoms with Crippen LogP contribution in [0.15, 0.2) is 164 Å². The first-order chi connectivity index (χ1) is 61.5. The summed E-state index contributed by atoms with van der Waals surface area (Å²) in [6.07, 6.45) is -0.749. The molecule has 1 fully saturated rings. The van der Waals surface area contributed by atoms with Gasteiger partial charge in [0.2, 0.25) is 70.9 Å². The minimum absolute atomic E-state index is 0.0681. The van der Waals surface area contributed by atoms with Gasteiger partial charge >= 0.3 is 0 Å². The molecule has 32 nitrogen and oxygen atoms in total. The highest BCUT2D eigenvalue weighted by atomic mass is 35.5. The Balaban J connectivity index is 1.21. The molecule has 0 unspecified atom stereocenters. The summed E-state index contributed by atoms with van der Waals surface area (Å²) in [5, 5.41) is 41.1. The molecule has 2 heterocycles. The van der Waals surface area contributed by atoms with Crippen molar-refractivity contribution in [2.45, 2.75) is 179 Å². The molecule has 1 aromatic heterocycles. The number of ether oxygens (including phenoxy) is 1. The van der Waals surface area contributed by atoms with Gasteiger partial charge in [0.15, 0.2) is 11.6 Å². The minimum Gasteiger partial charge on any atom is -0.508 e. The number of unbranched alkanes of at least 4 members (excludes halogenated alkanes) is 1. The summed E-state index contributed by atoms with van der Waals surface area (Å²) >= 11 is 7.38. The Hall–Kier alpha value is -12.8. The van der Waals surface area contributed by atoms with Crippen LogP contribution in [0.4, 0.5) is 0 Å². The predicted molar refractivity (Wildman–Crippen MR) is 486 cm³/mol. The molecule has 0 saturated carbocycles. The summed E-state index contributed by atoms with van der Waals surface area (Å²) in [6, 6.07) is 29.2. The quantitative estimate of drug-likeness (QED) is 0.0303. The number of carbonyl (C=O) groups excluding carboxylic acids is 16. The summed E-state index contributed by atoms with van der Waals surface area (Å²) in [6.45, 7) is 6.74. The van der Waals surface area contributed by atoms with Crippen LogP contribution in [0.5, 0.6) is 11.5 Å². The lowest BCUT2D eigenvalue weighted by Gasteiger charge is -2.37. The molecule has 7 aromatic rings. The molecule has 690 valence electrons. The highest BCUT2D eigenvalue weighted by molar-refractivity contribution is 8.00. The Morgan fingerprint density at radius 1 is 0.527 bits per heavy atom. The summed E-state index contributed by atoms with van der Waals surface area (Å²) in [7, 11) is 5.41. The number of nitrogens with one attached hydrogen (secondary N) is 8. The van der Waals surface area contributed by atoms with Crippen molar-refractivity contribution >= 4 is 129 Å². The smallest absolute Gasteiger partial charge is 0.293 e. The van der Waals surface area contributed by atoms with Gasteiger partial charge in [-0.1, -0.05) is 174 Å². The molecule has 11 atom stereocenters. The van der Waals surface area contributed by atoms with Crippen LogP contribution >= 0.6 is 23.4 Å². The van der Waals surface area contributed by atoms with E-state index in [4.69, 9.17) is 22.1 Å². The fourth-order valence-corrected chi connectivity index (χ4v) is 16.4. The van der Waals surface area contributed by atoms with Crippen LogP contribution < -0.4 is 43.0 Å². The van der Waals surface area contributed by atoms with E-state index in [1.807, 2.05) is 6.92 Å². The fourth-order valence-electron chi connectivity index (χ4n) is 15.3. The summed E-state index contributed by atoms with van der Waals surface area (Å²) in [5.41, 5.74) is 9.18. The SMILES string of the molecule is CCCC[C@H]1C(=O)N(C)CC(=O)C[C@@H](COC=O)C(=O)C[C@@H](C(C)C)C(=O)N[C@@H](Cc2cccc(Cl)c2)C(=O)N[C@@H](Cc2ccc(O)cc2)C(=O)N(C)CC(=O)N[C@@H](Cc2c[nH]c3ccccc23)C(=O)N[C@@H](Cc2ccc(O)cc2)C(=O)N[C@@H](CC(C)C)C(=O)N[C@H](C(=O)CCC(N)=O)CSCC(=O)N[C@@H](Cc2ccccc2)C(=O)N(C)[C@@H](Cc2ccccc2)C(=O)N1C. The molecule has 8 rings (SSSR count). The summed E-state index contributed by atoms with van der Waals surface area (Å²) < 4.78 is 5.13. The number of aromatic amines is 1. The van der Waals surface area contributed by atoms with Crippen molar-refractivity contribution in [1.29, 1.82) is 0 Å². The molecule has 0 spiro atoms. The first-order valence-electron chi connectivity index (χ1n) is 43.0. The fraction of sp³-hybridized carbons (Fsp3) is 0.432. The lowest BCUT2D eigenvalue weighted by molar-refractivity contribution is -0.151. The number of benzene rings is 6. The number of nitrogens with zero attached hydrogens (tertiary/aromatic N) is 4. The number of thioether (sulfide) groups is 1. The van der Waals surface area contributed by atoms with Crippen LogP contribution in [0.2, 0.25) is 5.02 Å². The first kappa shape index (κ1) is 102. The second-order valence-electron chi connectivity index (χ2n) is 33.5. The summed E-state index contributed by atoms with van der Waals surface area (Å²) in [4.78, 5) is 242. The van der Waals surface area contributed by atoms with Gasteiger partial charge < -0.3 is 82.5 Å². The van der Waals surface area contributed by atoms with Gasteiger partial charge in [-0.2, -0.15) is 0 Å². The number of hydrogen-bond donors (Lipinski definition) is 11. The summed E-state index contributed by atoms with van der Waals surface area (Å²) in [5.74, 6) is -16.7. The van der Waals surface area contributed by atoms with Crippen molar-refractivity contribution in [3.05, 3.63) is 202 Å². The van der Waals surface area contributed by atoms with Gasteiger partial charge in [-0.15, -0.1) is 11.8 Å². The molecular weight excluding hydrogens is 1690 g/mol. The standard InChI is InChI=1S/C95H118ClN13O19S/c1-10-11-29-80-94(126)106(6)51-69(113)47-65(53-128-56-110)83(115)49-71(58(4)5)87(119)101-75(45-63-25-20-26-66(96)41-63)90(122)104-77(44-62-32-36-68(112)37-33-62)92(124)107(7)52-85(117)99-76(48-64-50-98-72-28-19-18-27-70(64)72)91(123)103-74(42-61-30-34-67(111)35-31-61)89(121)102-73(40-57(2)3)88(120)105-79(82(114)38-39-84(97)116)54-129-55-86(118)100-78(43-59-21-14-12-15-22-59)93(125)109(9)81(95(127)108(80)8)46-60-23-16-13-17-24-60/h12-28,30-37,41,50,56-58,65,71,73-81,98,111-112H,10-11,29,38-40,42-49,51-55H2,1-9H3,(H2,97,116)(H,99,117)(H,100,118)(H,101,119)(H,102,121)(H,103,123)(H,104,122)(H,105,120)/t65-,71-,73-,74-,75-,76-,77-,78-,79-,80-,81-/m0/s1. The Morgan fingerprint density at radius 2 is 1.03 bits per heavy atom. The van der Waals surface area contributed by atoms with E-state index in [1.165, 1.54) is 86.5 Å². The number of hydrogen-bond acceptors (Lipinski definition) is 20. The Kier molecular flexibility index (Phi) is 39.5. The lowest BCUT2D eigenvalue weighted by Crippen LogP contribution is -2.59. The van der Waals surface area contributed by atoms with Crippen molar-refractivity contribution < 1.29 is 91.7 Å².